The topological polar surface area (TPSA) is 72.9 Å². The molecular weight excluding hydrogens is 342 g/mol. The molecule has 1 atom stereocenters. The van der Waals surface area contributed by atoms with Gasteiger partial charge in [-0.3, -0.25) is 19.4 Å². The van der Waals surface area contributed by atoms with Crippen molar-refractivity contribution in [3.05, 3.63) is 29.8 Å². The third kappa shape index (κ3) is 6.63. The number of aliphatic carboxylic acids is 1. The molecule has 0 spiro atoms. The van der Waals surface area contributed by atoms with Gasteiger partial charge in [0.1, 0.15) is 0 Å². The summed E-state index contributed by atoms with van der Waals surface area (Å²) in [7, 11) is 0. The van der Waals surface area contributed by atoms with Crippen LogP contribution in [0.25, 0.3) is 0 Å². The van der Waals surface area contributed by atoms with Crippen LogP contribution in [-0.4, -0.2) is 65.5 Å². The third-order valence-corrected chi connectivity index (χ3v) is 5.56. The van der Waals surface area contributed by atoms with Gasteiger partial charge in [0.2, 0.25) is 5.91 Å². The van der Waals surface area contributed by atoms with Crippen LogP contribution in [0.4, 0.5) is 5.69 Å². The number of piperidine rings is 1. The first-order valence-corrected chi connectivity index (χ1v) is 10.0. The fraction of sp³-hybridized carbons (Fsp3) is 0.619. The molecule has 0 aliphatic carbocycles. The fourth-order valence-corrected chi connectivity index (χ4v) is 3.65. The Balaban J connectivity index is 1.78. The van der Waals surface area contributed by atoms with Gasteiger partial charge in [0.05, 0.1) is 13.1 Å². The number of carboxylic acid groups (broad SMARTS) is 1. The van der Waals surface area contributed by atoms with E-state index in [-0.39, 0.29) is 12.5 Å². The number of nitrogens with one attached hydrogen (secondary N) is 1. The van der Waals surface area contributed by atoms with Gasteiger partial charge in [-0.25, -0.2) is 0 Å². The van der Waals surface area contributed by atoms with Crippen molar-refractivity contribution in [3.8, 4) is 0 Å². The Morgan fingerprint density at radius 3 is 2.37 bits per heavy atom. The first kappa shape index (κ1) is 21.4. The summed E-state index contributed by atoms with van der Waals surface area (Å²) in [5.74, 6) is -0.250. The first-order valence-electron chi connectivity index (χ1n) is 10.0. The highest BCUT2D eigenvalue weighted by Crippen LogP contribution is 2.21. The molecule has 1 saturated heterocycles. The number of hydrogen-bond acceptors (Lipinski definition) is 4. The summed E-state index contributed by atoms with van der Waals surface area (Å²) in [4.78, 5) is 27.5. The van der Waals surface area contributed by atoms with Gasteiger partial charge in [0.25, 0.3) is 0 Å². The molecule has 0 radical (unpaired) electrons. The highest BCUT2D eigenvalue weighted by Gasteiger charge is 2.25. The second kappa shape index (κ2) is 10.4. The Bertz CT molecular complexity index is 610. The van der Waals surface area contributed by atoms with E-state index in [0.29, 0.717) is 18.5 Å². The van der Waals surface area contributed by atoms with Gasteiger partial charge in [-0.1, -0.05) is 32.9 Å². The Morgan fingerprint density at radius 2 is 1.85 bits per heavy atom. The van der Waals surface area contributed by atoms with E-state index in [1.807, 2.05) is 24.0 Å². The number of likely N-dealkylation sites (N-methyl/N-ethyl adjacent to an activating group) is 1. The zero-order chi connectivity index (χ0) is 19.8. The maximum Gasteiger partial charge on any atom is 0.317 e. The summed E-state index contributed by atoms with van der Waals surface area (Å²) in [6.45, 7) is 9.22. The number of nitrogens with zero attached hydrogens (tertiary/aromatic N) is 2. The number of carboxylic acids is 1. The van der Waals surface area contributed by atoms with E-state index >= 15 is 0 Å². The van der Waals surface area contributed by atoms with Crippen LogP contribution < -0.4 is 5.32 Å². The van der Waals surface area contributed by atoms with Crippen molar-refractivity contribution in [1.29, 1.82) is 0 Å². The van der Waals surface area contributed by atoms with Crippen molar-refractivity contribution in [2.24, 2.45) is 0 Å². The van der Waals surface area contributed by atoms with Gasteiger partial charge in [-0.05, 0) is 49.4 Å². The van der Waals surface area contributed by atoms with Crippen molar-refractivity contribution in [2.45, 2.75) is 52.0 Å². The molecule has 1 aromatic carbocycles. The molecule has 1 amide bonds. The van der Waals surface area contributed by atoms with E-state index in [4.69, 9.17) is 5.11 Å². The molecule has 1 aliphatic heterocycles. The molecule has 0 aromatic heterocycles. The van der Waals surface area contributed by atoms with Crippen LogP contribution in [-0.2, 0) is 9.59 Å². The molecule has 6 nitrogen and oxygen atoms in total. The fourth-order valence-electron chi connectivity index (χ4n) is 3.65. The molecule has 0 bridgehead atoms. The predicted octanol–water partition coefficient (Wildman–Crippen LogP) is 3.01. The van der Waals surface area contributed by atoms with Gasteiger partial charge >= 0.3 is 5.97 Å². The minimum absolute atomic E-state index is 0.00243. The lowest BCUT2D eigenvalue weighted by Crippen LogP contribution is -2.48. The molecule has 150 valence electrons. The van der Waals surface area contributed by atoms with Gasteiger partial charge in [0.15, 0.2) is 0 Å². The Labute approximate surface area is 162 Å². The normalized spacial score (nSPS) is 17.0. The number of carbonyl (C=O) groups excluding carboxylic acids is 1. The van der Waals surface area contributed by atoms with Crippen LogP contribution in [0.1, 0.15) is 51.5 Å². The number of anilines is 1. The maximum atomic E-state index is 12.3. The van der Waals surface area contributed by atoms with Gasteiger partial charge in [-0.15, -0.1) is 0 Å². The average molecular weight is 376 g/mol. The quantitative estimate of drug-likeness (QED) is 0.694. The predicted molar refractivity (Wildman–Crippen MR) is 108 cm³/mol. The lowest BCUT2D eigenvalue weighted by Gasteiger charge is -2.37. The van der Waals surface area contributed by atoms with Crippen molar-refractivity contribution in [2.75, 3.05) is 38.0 Å². The van der Waals surface area contributed by atoms with Gasteiger partial charge < -0.3 is 10.4 Å². The Morgan fingerprint density at radius 1 is 1.22 bits per heavy atom. The summed E-state index contributed by atoms with van der Waals surface area (Å²) >= 11 is 0. The molecule has 2 N–H and O–H groups in total. The standard InChI is InChI=1S/C21H33N3O3/c1-4-16(3)17-6-8-18(9-7-17)22-20(25)14-23-12-10-19(11-13-23)24(5-2)15-21(26)27/h6-9,16,19H,4-5,10-15H2,1-3H3,(H,22,25)(H,26,27). The number of amides is 1. The molecule has 1 aromatic rings. The van der Waals surface area contributed by atoms with Crippen molar-refractivity contribution < 1.29 is 14.7 Å². The molecule has 2 rings (SSSR count). The third-order valence-electron chi connectivity index (χ3n) is 5.56. The van der Waals surface area contributed by atoms with Crippen LogP contribution in [0.2, 0.25) is 0 Å². The number of rotatable bonds is 9. The summed E-state index contributed by atoms with van der Waals surface area (Å²) in [6, 6.07) is 8.39. The summed E-state index contributed by atoms with van der Waals surface area (Å²) in [5, 5.41) is 12.0. The van der Waals surface area contributed by atoms with Gasteiger partial charge in [-0.2, -0.15) is 0 Å². The SMILES string of the molecule is CCC(C)c1ccc(NC(=O)CN2CCC(N(CC)CC(=O)O)CC2)cc1. The largest absolute Gasteiger partial charge is 0.480 e. The molecule has 1 aliphatic rings. The van der Waals surface area contributed by atoms with E-state index in [9.17, 15) is 9.59 Å². The van der Waals surface area contributed by atoms with Crippen LogP contribution in [0.5, 0.6) is 0 Å². The number of benzene rings is 1. The Kier molecular flexibility index (Phi) is 8.25. The minimum atomic E-state index is -0.780. The molecule has 6 heteroatoms. The highest BCUT2D eigenvalue weighted by molar-refractivity contribution is 5.92. The molecular formula is C21H33N3O3. The van der Waals surface area contributed by atoms with Gasteiger partial charge in [0, 0.05) is 24.8 Å². The number of hydrogen-bond donors (Lipinski definition) is 2. The monoisotopic (exact) mass is 375 g/mol. The van der Waals surface area contributed by atoms with Crippen LogP contribution in [0.3, 0.4) is 0 Å². The van der Waals surface area contributed by atoms with E-state index in [1.54, 1.807) is 0 Å². The van der Waals surface area contributed by atoms with Crippen LogP contribution in [0, 0.1) is 0 Å². The Hall–Kier alpha value is -1.92. The molecule has 0 saturated carbocycles. The van der Waals surface area contributed by atoms with Crippen molar-refractivity contribution in [3.63, 3.8) is 0 Å². The zero-order valence-corrected chi connectivity index (χ0v) is 16.8. The molecule has 1 heterocycles. The minimum Gasteiger partial charge on any atom is -0.480 e. The lowest BCUT2D eigenvalue weighted by molar-refractivity contribution is -0.139. The summed E-state index contributed by atoms with van der Waals surface area (Å²) in [5.41, 5.74) is 2.12. The van der Waals surface area contributed by atoms with Crippen LogP contribution in [0.15, 0.2) is 24.3 Å². The first-order chi connectivity index (χ1) is 12.9. The second-order valence-electron chi connectivity index (χ2n) is 7.44. The summed E-state index contributed by atoms with van der Waals surface area (Å²) in [6.07, 6.45) is 2.90. The summed E-state index contributed by atoms with van der Waals surface area (Å²) < 4.78 is 0. The smallest absolute Gasteiger partial charge is 0.317 e. The molecule has 27 heavy (non-hydrogen) atoms. The van der Waals surface area contributed by atoms with E-state index < -0.39 is 5.97 Å². The van der Waals surface area contributed by atoms with E-state index in [1.165, 1.54) is 5.56 Å². The van der Waals surface area contributed by atoms with E-state index in [0.717, 1.165) is 44.6 Å². The average Bonchev–Trinajstić information content (AvgIpc) is 2.66. The molecule has 1 fully saturated rings. The highest BCUT2D eigenvalue weighted by atomic mass is 16.4. The van der Waals surface area contributed by atoms with Crippen molar-refractivity contribution >= 4 is 17.6 Å². The van der Waals surface area contributed by atoms with Crippen molar-refractivity contribution in [1.82, 2.24) is 9.80 Å². The van der Waals surface area contributed by atoms with Crippen LogP contribution >= 0.6 is 0 Å². The second-order valence-corrected chi connectivity index (χ2v) is 7.44. The molecule has 1 unspecified atom stereocenters. The maximum absolute atomic E-state index is 12.3. The number of carbonyl (C=O) groups is 2. The van der Waals surface area contributed by atoms with E-state index in [2.05, 4.69) is 36.2 Å². The lowest BCUT2D eigenvalue weighted by atomic mass is 9.99. The number of likely N-dealkylation sites (tertiary alicyclic amines) is 1. The zero-order valence-electron chi connectivity index (χ0n) is 16.8.